The minimum Gasteiger partial charge on any atom is -0.352 e. The van der Waals surface area contributed by atoms with Crippen LogP contribution in [0.15, 0.2) is 18.2 Å². The molecule has 0 saturated heterocycles. The monoisotopic (exact) mass is 250 g/mol. The molecule has 0 unspecified atom stereocenters. The molecular formula is C15H22O3. The summed E-state index contributed by atoms with van der Waals surface area (Å²) in [5.41, 5.74) is 2.85. The number of carbonyl (C=O) groups excluding carboxylic acids is 1. The fraction of sp³-hybridized carbons (Fsp3) is 0.533. The molecule has 0 aliphatic carbocycles. The molecule has 1 rings (SSSR count). The van der Waals surface area contributed by atoms with E-state index in [0.29, 0.717) is 13.2 Å². The van der Waals surface area contributed by atoms with Gasteiger partial charge in [0.05, 0.1) is 6.42 Å². The Bertz CT molecular complexity index is 393. The van der Waals surface area contributed by atoms with Crippen molar-refractivity contribution in [3.63, 3.8) is 0 Å². The minimum atomic E-state index is -0.438. The van der Waals surface area contributed by atoms with Crippen molar-refractivity contribution in [2.75, 3.05) is 13.2 Å². The van der Waals surface area contributed by atoms with Gasteiger partial charge >= 0.3 is 0 Å². The van der Waals surface area contributed by atoms with Crippen molar-refractivity contribution in [2.45, 2.75) is 40.4 Å². The van der Waals surface area contributed by atoms with Crippen LogP contribution in [-0.2, 0) is 9.47 Å². The van der Waals surface area contributed by atoms with Crippen LogP contribution in [0.2, 0.25) is 0 Å². The number of aryl methyl sites for hydroxylation is 2. The first kappa shape index (κ1) is 14.9. The Morgan fingerprint density at radius 2 is 1.78 bits per heavy atom. The lowest BCUT2D eigenvalue weighted by atomic mass is 10.00. The third kappa shape index (κ3) is 4.24. The second kappa shape index (κ2) is 7.29. The van der Waals surface area contributed by atoms with E-state index in [2.05, 4.69) is 0 Å². The van der Waals surface area contributed by atoms with Crippen LogP contribution in [0.1, 0.15) is 41.8 Å². The normalized spacial score (nSPS) is 10.9. The van der Waals surface area contributed by atoms with Gasteiger partial charge in [0, 0.05) is 18.8 Å². The van der Waals surface area contributed by atoms with Crippen LogP contribution in [0.25, 0.3) is 0 Å². The highest BCUT2D eigenvalue weighted by atomic mass is 16.7. The van der Waals surface area contributed by atoms with Crippen LogP contribution in [-0.4, -0.2) is 25.3 Å². The van der Waals surface area contributed by atoms with Crippen molar-refractivity contribution in [3.8, 4) is 0 Å². The minimum absolute atomic E-state index is 0.0723. The molecule has 0 aliphatic heterocycles. The smallest absolute Gasteiger partial charge is 0.168 e. The highest BCUT2D eigenvalue weighted by Crippen LogP contribution is 2.15. The predicted molar refractivity (Wildman–Crippen MR) is 71.9 cm³/mol. The highest BCUT2D eigenvalue weighted by Gasteiger charge is 2.17. The van der Waals surface area contributed by atoms with Gasteiger partial charge in [-0.05, 0) is 39.3 Å². The number of hydrogen-bond acceptors (Lipinski definition) is 3. The van der Waals surface area contributed by atoms with Crippen molar-refractivity contribution in [3.05, 3.63) is 34.9 Å². The standard InChI is InChI=1S/C15H22O3/c1-5-17-15(18-6-2)10-14(16)13-9-11(3)7-8-12(13)4/h7-9,15H,5-6,10H2,1-4H3. The molecule has 0 aliphatic rings. The van der Waals surface area contributed by atoms with E-state index >= 15 is 0 Å². The van der Waals surface area contributed by atoms with E-state index < -0.39 is 6.29 Å². The van der Waals surface area contributed by atoms with Crippen molar-refractivity contribution in [1.82, 2.24) is 0 Å². The third-order valence-corrected chi connectivity index (χ3v) is 2.75. The molecule has 0 spiro atoms. The van der Waals surface area contributed by atoms with Gasteiger partial charge in [-0.25, -0.2) is 0 Å². The Morgan fingerprint density at radius 3 is 2.33 bits per heavy atom. The Hall–Kier alpha value is -1.19. The van der Waals surface area contributed by atoms with Crippen LogP contribution < -0.4 is 0 Å². The molecule has 1 aromatic rings. The van der Waals surface area contributed by atoms with Crippen molar-refractivity contribution < 1.29 is 14.3 Å². The van der Waals surface area contributed by atoms with Gasteiger partial charge in [-0.2, -0.15) is 0 Å². The maximum Gasteiger partial charge on any atom is 0.168 e. The van der Waals surface area contributed by atoms with Crippen molar-refractivity contribution in [1.29, 1.82) is 0 Å². The number of ether oxygens (including phenoxy) is 2. The van der Waals surface area contributed by atoms with E-state index in [-0.39, 0.29) is 12.2 Å². The largest absolute Gasteiger partial charge is 0.352 e. The summed E-state index contributed by atoms with van der Waals surface area (Å²) in [7, 11) is 0. The summed E-state index contributed by atoms with van der Waals surface area (Å²) in [6.07, 6.45) is -0.168. The van der Waals surface area contributed by atoms with Gasteiger partial charge in [0.2, 0.25) is 0 Å². The quantitative estimate of drug-likeness (QED) is 0.550. The second-order valence-corrected chi connectivity index (χ2v) is 4.29. The number of rotatable bonds is 7. The number of benzene rings is 1. The average Bonchev–Trinajstić information content (AvgIpc) is 2.33. The summed E-state index contributed by atoms with van der Waals surface area (Å²) >= 11 is 0. The molecular weight excluding hydrogens is 228 g/mol. The van der Waals surface area contributed by atoms with Gasteiger partial charge in [0.1, 0.15) is 0 Å². The Kier molecular flexibility index (Phi) is 6.02. The Balaban J connectivity index is 2.76. The molecule has 3 heteroatoms. The number of ketones is 1. The van der Waals surface area contributed by atoms with E-state index in [1.165, 1.54) is 0 Å². The Morgan fingerprint density at radius 1 is 1.17 bits per heavy atom. The summed E-state index contributed by atoms with van der Waals surface area (Å²) in [4.78, 5) is 12.2. The van der Waals surface area contributed by atoms with Crippen LogP contribution >= 0.6 is 0 Å². The van der Waals surface area contributed by atoms with E-state index in [1.807, 2.05) is 45.9 Å². The van der Waals surface area contributed by atoms with Crippen LogP contribution in [0.5, 0.6) is 0 Å². The molecule has 18 heavy (non-hydrogen) atoms. The lowest BCUT2D eigenvalue weighted by Crippen LogP contribution is -2.22. The van der Waals surface area contributed by atoms with Crippen molar-refractivity contribution in [2.24, 2.45) is 0 Å². The van der Waals surface area contributed by atoms with Gasteiger partial charge in [-0.15, -0.1) is 0 Å². The third-order valence-electron chi connectivity index (χ3n) is 2.75. The molecule has 0 N–H and O–H groups in total. The lowest BCUT2D eigenvalue weighted by Gasteiger charge is -2.16. The van der Waals surface area contributed by atoms with Crippen LogP contribution in [0.3, 0.4) is 0 Å². The summed E-state index contributed by atoms with van der Waals surface area (Å²) < 4.78 is 10.8. The first-order valence-electron chi connectivity index (χ1n) is 6.42. The summed E-state index contributed by atoms with van der Waals surface area (Å²) in [6.45, 7) is 8.82. The molecule has 0 bridgehead atoms. The zero-order chi connectivity index (χ0) is 13.5. The van der Waals surface area contributed by atoms with Gasteiger partial charge in [-0.3, -0.25) is 4.79 Å². The molecule has 0 fully saturated rings. The zero-order valence-electron chi connectivity index (χ0n) is 11.7. The molecule has 100 valence electrons. The molecule has 0 radical (unpaired) electrons. The fourth-order valence-corrected chi connectivity index (χ4v) is 1.84. The van der Waals surface area contributed by atoms with Crippen molar-refractivity contribution >= 4 is 5.78 Å². The summed E-state index contributed by atoms with van der Waals surface area (Å²) in [5.74, 6) is 0.0723. The summed E-state index contributed by atoms with van der Waals surface area (Å²) in [5, 5.41) is 0. The number of Topliss-reactive ketones (excluding diaryl/α,β-unsaturated/α-hetero) is 1. The number of hydrogen-bond donors (Lipinski definition) is 0. The maximum atomic E-state index is 12.2. The summed E-state index contributed by atoms with van der Waals surface area (Å²) in [6, 6.07) is 5.90. The second-order valence-electron chi connectivity index (χ2n) is 4.29. The maximum absolute atomic E-state index is 12.2. The molecule has 0 heterocycles. The highest BCUT2D eigenvalue weighted by molar-refractivity contribution is 5.97. The number of carbonyl (C=O) groups is 1. The molecule has 0 saturated carbocycles. The first-order chi connectivity index (χ1) is 8.58. The van der Waals surface area contributed by atoms with Crippen LogP contribution in [0.4, 0.5) is 0 Å². The Labute approximate surface area is 109 Å². The van der Waals surface area contributed by atoms with Gasteiger partial charge in [-0.1, -0.05) is 17.7 Å². The van der Waals surface area contributed by atoms with E-state index in [9.17, 15) is 4.79 Å². The van der Waals surface area contributed by atoms with Crippen LogP contribution in [0, 0.1) is 13.8 Å². The average molecular weight is 250 g/mol. The van der Waals surface area contributed by atoms with E-state index in [4.69, 9.17) is 9.47 Å². The first-order valence-corrected chi connectivity index (χ1v) is 6.42. The molecule has 0 aromatic heterocycles. The van der Waals surface area contributed by atoms with E-state index in [1.54, 1.807) is 0 Å². The predicted octanol–water partition coefficient (Wildman–Crippen LogP) is 3.28. The molecule has 3 nitrogen and oxygen atoms in total. The van der Waals surface area contributed by atoms with Gasteiger partial charge < -0.3 is 9.47 Å². The fourth-order valence-electron chi connectivity index (χ4n) is 1.84. The topological polar surface area (TPSA) is 35.5 Å². The molecule has 1 aromatic carbocycles. The molecule has 0 amide bonds. The lowest BCUT2D eigenvalue weighted by molar-refractivity contribution is -0.133. The zero-order valence-corrected chi connectivity index (χ0v) is 11.7. The SMILES string of the molecule is CCOC(CC(=O)c1cc(C)ccc1C)OCC. The van der Waals surface area contributed by atoms with Gasteiger partial charge in [0.15, 0.2) is 12.1 Å². The van der Waals surface area contributed by atoms with Gasteiger partial charge in [0.25, 0.3) is 0 Å². The van der Waals surface area contributed by atoms with E-state index in [0.717, 1.165) is 16.7 Å². The molecule has 0 atom stereocenters.